The summed E-state index contributed by atoms with van der Waals surface area (Å²) in [5, 5.41) is 0. The lowest BCUT2D eigenvalue weighted by atomic mass is 9.83. The second kappa shape index (κ2) is 5.34. The summed E-state index contributed by atoms with van der Waals surface area (Å²) >= 11 is 0. The fraction of sp³-hybridized carbons (Fsp3) is 1.00. The molecule has 0 amide bonds. The quantitative estimate of drug-likeness (QED) is 0.684. The van der Waals surface area contributed by atoms with Crippen LogP contribution in [0.3, 0.4) is 0 Å². The maximum Gasteiger partial charge on any atom is 0.000988 e. The van der Waals surface area contributed by atoms with Crippen molar-refractivity contribution in [2.75, 3.05) is 19.6 Å². The first-order valence-electron chi connectivity index (χ1n) is 6.96. The van der Waals surface area contributed by atoms with Gasteiger partial charge in [0.2, 0.25) is 0 Å². The van der Waals surface area contributed by atoms with Crippen molar-refractivity contribution >= 4 is 0 Å². The van der Waals surface area contributed by atoms with Crippen LogP contribution in [0.4, 0.5) is 0 Å². The first-order chi connectivity index (χ1) is 7.24. The van der Waals surface area contributed by atoms with Crippen molar-refractivity contribution < 1.29 is 0 Å². The summed E-state index contributed by atoms with van der Waals surface area (Å²) < 4.78 is 0. The van der Waals surface area contributed by atoms with E-state index in [1.54, 1.807) is 0 Å². The predicted octanol–water partition coefficient (Wildman–Crippen LogP) is 3.54. The van der Waals surface area contributed by atoms with E-state index in [0.717, 1.165) is 17.8 Å². The number of piperidine rings is 1. The molecule has 1 heterocycles. The van der Waals surface area contributed by atoms with Gasteiger partial charge in [0, 0.05) is 13.1 Å². The van der Waals surface area contributed by atoms with Crippen molar-refractivity contribution in [3.8, 4) is 0 Å². The van der Waals surface area contributed by atoms with E-state index in [0.29, 0.717) is 0 Å². The molecule has 0 spiro atoms. The summed E-state index contributed by atoms with van der Waals surface area (Å²) in [6.45, 7) is 8.92. The van der Waals surface area contributed by atoms with Crippen molar-refractivity contribution in [3.05, 3.63) is 0 Å². The molecule has 2 fully saturated rings. The lowest BCUT2D eigenvalue weighted by molar-refractivity contribution is 0.116. The highest BCUT2D eigenvalue weighted by Crippen LogP contribution is 2.30. The Labute approximate surface area is 95.2 Å². The van der Waals surface area contributed by atoms with Crippen molar-refractivity contribution in [1.29, 1.82) is 0 Å². The van der Waals surface area contributed by atoms with Gasteiger partial charge in [-0.15, -0.1) is 0 Å². The molecule has 0 radical (unpaired) electrons. The van der Waals surface area contributed by atoms with E-state index in [9.17, 15) is 0 Å². The lowest BCUT2D eigenvalue weighted by Gasteiger charge is -2.38. The van der Waals surface area contributed by atoms with Crippen molar-refractivity contribution in [1.82, 2.24) is 4.90 Å². The summed E-state index contributed by atoms with van der Waals surface area (Å²) in [5.41, 5.74) is 0. The molecule has 0 N–H and O–H groups in total. The number of rotatable bonds is 4. The molecular weight excluding hydrogens is 182 g/mol. The van der Waals surface area contributed by atoms with E-state index < -0.39 is 0 Å². The molecule has 88 valence electrons. The Balaban J connectivity index is 1.71. The summed E-state index contributed by atoms with van der Waals surface area (Å²) in [4.78, 5) is 2.75. The van der Waals surface area contributed by atoms with Gasteiger partial charge in [-0.05, 0) is 56.4 Å². The molecule has 0 aromatic carbocycles. The van der Waals surface area contributed by atoms with Crippen molar-refractivity contribution in [2.45, 2.75) is 52.4 Å². The smallest absolute Gasteiger partial charge is 0.000988 e. The van der Waals surface area contributed by atoms with Gasteiger partial charge in [0.25, 0.3) is 0 Å². The second-order valence-electron chi connectivity index (χ2n) is 6.19. The average molecular weight is 209 g/mol. The minimum atomic E-state index is 0.888. The molecule has 1 aliphatic heterocycles. The van der Waals surface area contributed by atoms with E-state index in [4.69, 9.17) is 0 Å². The van der Waals surface area contributed by atoms with Crippen LogP contribution in [0.2, 0.25) is 0 Å². The third-order valence-electron chi connectivity index (χ3n) is 4.15. The minimum Gasteiger partial charge on any atom is -0.303 e. The van der Waals surface area contributed by atoms with Crippen LogP contribution in [0, 0.1) is 17.8 Å². The molecule has 1 heteroatoms. The number of nitrogens with zero attached hydrogens (tertiary/aromatic N) is 1. The molecule has 1 saturated carbocycles. The normalized spacial score (nSPS) is 29.4. The highest BCUT2D eigenvalue weighted by atomic mass is 15.1. The van der Waals surface area contributed by atoms with Gasteiger partial charge in [-0.1, -0.05) is 20.3 Å². The van der Waals surface area contributed by atoms with Crippen molar-refractivity contribution in [2.24, 2.45) is 17.8 Å². The number of hydrogen-bond donors (Lipinski definition) is 0. The Hall–Kier alpha value is -0.0400. The molecule has 1 nitrogen and oxygen atoms in total. The fourth-order valence-electron chi connectivity index (χ4n) is 3.22. The lowest BCUT2D eigenvalue weighted by Crippen LogP contribution is -2.40. The molecule has 1 aliphatic carbocycles. The van der Waals surface area contributed by atoms with Gasteiger partial charge in [-0.2, -0.15) is 0 Å². The van der Waals surface area contributed by atoms with Crippen LogP contribution in [0.15, 0.2) is 0 Å². The maximum atomic E-state index is 2.75. The van der Waals surface area contributed by atoms with E-state index in [1.165, 1.54) is 58.2 Å². The van der Waals surface area contributed by atoms with Crippen molar-refractivity contribution in [3.63, 3.8) is 0 Å². The van der Waals surface area contributed by atoms with Crippen LogP contribution in [-0.4, -0.2) is 24.5 Å². The zero-order valence-electron chi connectivity index (χ0n) is 10.5. The monoisotopic (exact) mass is 209 g/mol. The van der Waals surface area contributed by atoms with Crippen LogP contribution in [0.25, 0.3) is 0 Å². The van der Waals surface area contributed by atoms with Crippen LogP contribution < -0.4 is 0 Å². The molecule has 0 aromatic rings. The summed E-state index contributed by atoms with van der Waals surface area (Å²) in [6, 6.07) is 0. The Morgan fingerprint density at radius 3 is 2.40 bits per heavy atom. The largest absolute Gasteiger partial charge is 0.303 e. The van der Waals surface area contributed by atoms with Crippen LogP contribution in [-0.2, 0) is 0 Å². The molecule has 1 unspecified atom stereocenters. The summed E-state index contributed by atoms with van der Waals surface area (Å²) in [6.07, 6.45) is 8.88. The molecule has 15 heavy (non-hydrogen) atoms. The van der Waals surface area contributed by atoms with E-state index in [-0.39, 0.29) is 0 Å². The Kier molecular flexibility index (Phi) is 4.07. The predicted molar refractivity (Wildman–Crippen MR) is 66.0 cm³/mol. The van der Waals surface area contributed by atoms with Gasteiger partial charge in [0.15, 0.2) is 0 Å². The van der Waals surface area contributed by atoms with Gasteiger partial charge in [0.1, 0.15) is 0 Å². The first-order valence-corrected chi connectivity index (χ1v) is 6.96. The maximum absolute atomic E-state index is 2.75. The third kappa shape index (κ3) is 3.48. The second-order valence-corrected chi connectivity index (χ2v) is 6.19. The molecular formula is C14H27N. The van der Waals surface area contributed by atoms with Crippen LogP contribution >= 0.6 is 0 Å². The van der Waals surface area contributed by atoms with Crippen LogP contribution in [0.5, 0.6) is 0 Å². The Bertz CT molecular complexity index is 184. The zero-order chi connectivity index (χ0) is 10.7. The average Bonchev–Trinajstić information content (AvgIpc) is 2.11. The molecule has 1 atom stereocenters. The Morgan fingerprint density at radius 2 is 1.80 bits per heavy atom. The van der Waals surface area contributed by atoms with E-state index in [1.807, 2.05) is 0 Å². The van der Waals surface area contributed by atoms with E-state index >= 15 is 0 Å². The number of likely N-dealkylation sites (tertiary alicyclic amines) is 1. The minimum absolute atomic E-state index is 0.888. The van der Waals surface area contributed by atoms with Gasteiger partial charge in [-0.3, -0.25) is 0 Å². The topological polar surface area (TPSA) is 3.24 Å². The molecule has 0 bridgehead atoms. The van der Waals surface area contributed by atoms with Gasteiger partial charge in [-0.25, -0.2) is 0 Å². The Morgan fingerprint density at radius 1 is 1.07 bits per heavy atom. The molecule has 0 aromatic heterocycles. The zero-order valence-corrected chi connectivity index (χ0v) is 10.5. The number of hydrogen-bond acceptors (Lipinski definition) is 1. The van der Waals surface area contributed by atoms with Crippen LogP contribution in [0.1, 0.15) is 52.4 Å². The third-order valence-corrected chi connectivity index (χ3v) is 4.15. The highest BCUT2D eigenvalue weighted by molar-refractivity contribution is 4.79. The first kappa shape index (κ1) is 11.4. The highest BCUT2D eigenvalue weighted by Gasteiger charge is 2.25. The van der Waals surface area contributed by atoms with E-state index in [2.05, 4.69) is 18.7 Å². The standard InChI is InChI=1S/C14H27N/c1-12(2)9-14-7-4-8-15(11-14)10-13-5-3-6-13/h12-14H,3-11H2,1-2H3. The van der Waals surface area contributed by atoms with Gasteiger partial charge < -0.3 is 4.90 Å². The summed E-state index contributed by atoms with van der Waals surface area (Å²) in [7, 11) is 0. The fourth-order valence-corrected chi connectivity index (χ4v) is 3.22. The van der Waals surface area contributed by atoms with Gasteiger partial charge in [0.05, 0.1) is 0 Å². The molecule has 2 rings (SSSR count). The molecule has 1 saturated heterocycles. The van der Waals surface area contributed by atoms with Gasteiger partial charge >= 0.3 is 0 Å². The summed E-state index contributed by atoms with van der Waals surface area (Å²) in [5.74, 6) is 2.94. The molecule has 2 aliphatic rings. The SMILES string of the molecule is CC(C)CC1CCCN(CC2CCC2)C1.